The predicted octanol–water partition coefficient (Wildman–Crippen LogP) is 4.45. The smallest absolute Gasteiger partial charge is 0.160 e. The molecule has 2 atom stereocenters. The van der Waals surface area contributed by atoms with Crippen LogP contribution in [0.1, 0.15) is 51.0 Å². The van der Waals surface area contributed by atoms with Gasteiger partial charge in [-0.3, -0.25) is 4.90 Å². The van der Waals surface area contributed by atoms with Crippen molar-refractivity contribution in [3.05, 3.63) is 93.5 Å². The zero-order valence-corrected chi connectivity index (χ0v) is 17.4. The summed E-state index contributed by atoms with van der Waals surface area (Å²) in [5.41, 5.74) is 8.57. The molecule has 4 heteroatoms. The summed E-state index contributed by atoms with van der Waals surface area (Å²) in [6.07, 6.45) is 1.81. The summed E-state index contributed by atoms with van der Waals surface area (Å²) in [6, 6.07) is 19.2. The lowest BCUT2D eigenvalue weighted by atomic mass is 9.78. The van der Waals surface area contributed by atoms with Crippen molar-refractivity contribution < 1.29 is 14.9 Å². The van der Waals surface area contributed by atoms with Crippen molar-refractivity contribution in [2.75, 3.05) is 13.7 Å². The molecule has 3 aromatic rings. The third-order valence-electron chi connectivity index (χ3n) is 6.75. The Morgan fingerprint density at radius 1 is 1.00 bits per heavy atom. The number of aliphatic hydroxyl groups excluding tert-OH is 1. The third kappa shape index (κ3) is 2.99. The van der Waals surface area contributed by atoms with E-state index in [4.69, 9.17) is 4.74 Å². The maximum atomic E-state index is 10.5. The number of aromatic hydroxyl groups is 1. The number of hydrogen-bond donors (Lipinski definition) is 2. The quantitative estimate of drug-likeness (QED) is 0.681. The lowest BCUT2D eigenvalue weighted by Gasteiger charge is -2.47. The Kier molecular flexibility index (Phi) is 4.76. The molecule has 0 saturated heterocycles. The molecule has 0 spiro atoms. The number of aryl methyl sites for hydroxylation is 1. The van der Waals surface area contributed by atoms with Crippen LogP contribution in [-0.4, -0.2) is 28.8 Å². The fourth-order valence-electron chi connectivity index (χ4n) is 5.27. The Labute approximate surface area is 177 Å². The normalized spacial score (nSPS) is 20.2. The van der Waals surface area contributed by atoms with Crippen LogP contribution in [0.15, 0.2) is 54.6 Å². The average molecular weight is 402 g/mol. The van der Waals surface area contributed by atoms with Gasteiger partial charge in [-0.15, -0.1) is 0 Å². The molecular formula is C26H27NO3. The number of phenols is 1. The molecule has 0 aromatic heterocycles. The zero-order chi connectivity index (χ0) is 20.8. The summed E-state index contributed by atoms with van der Waals surface area (Å²) in [4.78, 5) is 2.60. The van der Waals surface area contributed by atoms with E-state index in [1.807, 2.05) is 18.2 Å². The van der Waals surface area contributed by atoms with Gasteiger partial charge in [0.05, 0.1) is 19.8 Å². The van der Waals surface area contributed by atoms with Gasteiger partial charge < -0.3 is 14.9 Å². The topological polar surface area (TPSA) is 52.9 Å². The van der Waals surface area contributed by atoms with E-state index in [-0.39, 0.29) is 24.4 Å². The van der Waals surface area contributed by atoms with Crippen LogP contribution in [0, 0.1) is 6.92 Å². The molecule has 0 fully saturated rings. The van der Waals surface area contributed by atoms with Crippen LogP contribution in [0.5, 0.6) is 11.5 Å². The van der Waals surface area contributed by atoms with Crippen LogP contribution < -0.4 is 4.74 Å². The standard InChI is InChI=1S/C26H27NO3/c1-16-5-3-4-6-20(16)26-22-14-25(30-2)24(29)13-19(22)12-23-21-8-7-17(15-28)11-18(21)9-10-27(23)26/h3-8,11,13-14,23,26,28-29H,9-10,12,15H2,1-2H3/t23-,26-/m0/s1. The van der Waals surface area contributed by atoms with E-state index < -0.39 is 0 Å². The van der Waals surface area contributed by atoms with E-state index in [2.05, 4.69) is 48.2 Å². The maximum Gasteiger partial charge on any atom is 0.160 e. The van der Waals surface area contributed by atoms with Crippen molar-refractivity contribution >= 4 is 0 Å². The van der Waals surface area contributed by atoms with E-state index in [0.29, 0.717) is 5.75 Å². The van der Waals surface area contributed by atoms with Crippen molar-refractivity contribution in [3.8, 4) is 11.5 Å². The van der Waals surface area contributed by atoms with Crippen LogP contribution in [0.4, 0.5) is 0 Å². The highest BCUT2D eigenvalue weighted by Gasteiger charge is 2.40. The minimum absolute atomic E-state index is 0.0734. The highest BCUT2D eigenvalue weighted by atomic mass is 16.5. The monoisotopic (exact) mass is 401 g/mol. The lowest BCUT2D eigenvalue weighted by molar-refractivity contribution is 0.128. The summed E-state index contributed by atoms with van der Waals surface area (Å²) in [7, 11) is 1.60. The van der Waals surface area contributed by atoms with E-state index in [0.717, 1.165) is 24.9 Å². The molecule has 0 bridgehead atoms. The molecule has 3 aromatic carbocycles. The molecule has 0 amide bonds. The molecule has 30 heavy (non-hydrogen) atoms. The molecular weight excluding hydrogens is 374 g/mol. The zero-order valence-electron chi connectivity index (χ0n) is 17.4. The average Bonchev–Trinajstić information content (AvgIpc) is 2.77. The van der Waals surface area contributed by atoms with Gasteiger partial charge in [-0.1, -0.05) is 42.5 Å². The van der Waals surface area contributed by atoms with Gasteiger partial charge in [0.15, 0.2) is 11.5 Å². The van der Waals surface area contributed by atoms with Gasteiger partial charge >= 0.3 is 0 Å². The van der Waals surface area contributed by atoms with Crippen molar-refractivity contribution in [2.45, 2.75) is 38.5 Å². The fraction of sp³-hybridized carbons (Fsp3) is 0.308. The number of hydrogen-bond acceptors (Lipinski definition) is 4. The number of fused-ring (bicyclic) bond motifs is 4. The number of methoxy groups -OCH3 is 1. The van der Waals surface area contributed by atoms with Crippen LogP contribution in [0.3, 0.4) is 0 Å². The van der Waals surface area contributed by atoms with Gasteiger partial charge in [-0.05, 0) is 70.8 Å². The largest absolute Gasteiger partial charge is 0.504 e. The highest BCUT2D eigenvalue weighted by molar-refractivity contribution is 5.53. The second-order valence-electron chi connectivity index (χ2n) is 8.38. The number of nitrogens with zero attached hydrogens (tertiary/aromatic N) is 1. The van der Waals surface area contributed by atoms with E-state index in [1.165, 1.54) is 33.4 Å². The van der Waals surface area contributed by atoms with Gasteiger partial charge in [0.1, 0.15) is 0 Å². The molecule has 5 rings (SSSR count). The summed E-state index contributed by atoms with van der Waals surface area (Å²) in [5.74, 6) is 0.718. The first-order valence-electron chi connectivity index (χ1n) is 10.5. The minimum atomic E-state index is 0.0734. The first kappa shape index (κ1) is 19.2. The molecule has 2 heterocycles. The summed E-state index contributed by atoms with van der Waals surface area (Å²) >= 11 is 0. The molecule has 2 aliphatic rings. The highest BCUT2D eigenvalue weighted by Crippen LogP contribution is 2.49. The Balaban J connectivity index is 1.70. The summed E-state index contributed by atoms with van der Waals surface area (Å²) < 4.78 is 5.45. The van der Waals surface area contributed by atoms with Gasteiger partial charge in [-0.2, -0.15) is 0 Å². The third-order valence-corrected chi connectivity index (χ3v) is 6.75. The molecule has 2 N–H and O–H groups in total. The van der Waals surface area contributed by atoms with Crippen LogP contribution >= 0.6 is 0 Å². The van der Waals surface area contributed by atoms with Gasteiger partial charge in [-0.25, -0.2) is 0 Å². The SMILES string of the molecule is COc1cc2c(cc1O)C[C@H]1c3ccc(CO)cc3CCN1[C@H]2c1ccccc1C. The lowest BCUT2D eigenvalue weighted by Crippen LogP contribution is -2.43. The number of ether oxygens (including phenoxy) is 1. The van der Waals surface area contributed by atoms with Crippen molar-refractivity contribution in [1.29, 1.82) is 0 Å². The Bertz CT molecular complexity index is 1110. The first-order valence-corrected chi connectivity index (χ1v) is 10.5. The molecule has 0 saturated carbocycles. The Morgan fingerprint density at radius 3 is 2.60 bits per heavy atom. The molecule has 4 nitrogen and oxygen atoms in total. The van der Waals surface area contributed by atoms with Crippen LogP contribution in [0.2, 0.25) is 0 Å². The molecule has 0 radical (unpaired) electrons. The molecule has 0 aliphatic carbocycles. The molecule has 154 valence electrons. The Morgan fingerprint density at radius 2 is 1.83 bits per heavy atom. The van der Waals surface area contributed by atoms with E-state index in [9.17, 15) is 10.2 Å². The predicted molar refractivity (Wildman–Crippen MR) is 117 cm³/mol. The van der Waals surface area contributed by atoms with Gasteiger partial charge in [0.25, 0.3) is 0 Å². The van der Waals surface area contributed by atoms with Gasteiger partial charge in [0.2, 0.25) is 0 Å². The fourth-order valence-corrected chi connectivity index (χ4v) is 5.27. The first-order chi connectivity index (χ1) is 14.6. The summed E-state index contributed by atoms with van der Waals surface area (Å²) in [5, 5.41) is 20.0. The second kappa shape index (κ2) is 7.46. The van der Waals surface area contributed by atoms with Crippen molar-refractivity contribution in [1.82, 2.24) is 4.90 Å². The van der Waals surface area contributed by atoms with Crippen LogP contribution in [-0.2, 0) is 19.4 Å². The van der Waals surface area contributed by atoms with Gasteiger partial charge in [0, 0.05) is 12.6 Å². The molecule has 0 unspecified atom stereocenters. The maximum absolute atomic E-state index is 10.5. The van der Waals surface area contributed by atoms with E-state index >= 15 is 0 Å². The number of phenolic OH excluding ortho intramolecular Hbond substituents is 1. The second-order valence-corrected chi connectivity index (χ2v) is 8.38. The minimum Gasteiger partial charge on any atom is -0.504 e. The van der Waals surface area contributed by atoms with Crippen LogP contribution in [0.25, 0.3) is 0 Å². The van der Waals surface area contributed by atoms with E-state index in [1.54, 1.807) is 7.11 Å². The number of aliphatic hydroxyl groups is 1. The summed E-state index contributed by atoms with van der Waals surface area (Å²) in [6.45, 7) is 3.19. The number of rotatable bonds is 3. The number of benzene rings is 3. The van der Waals surface area contributed by atoms with Crippen molar-refractivity contribution in [3.63, 3.8) is 0 Å². The molecule has 2 aliphatic heterocycles. The van der Waals surface area contributed by atoms with Crippen molar-refractivity contribution in [2.24, 2.45) is 0 Å². The Hall–Kier alpha value is -2.82.